The number of phenols is 1. The molecule has 12 nitrogen and oxygen atoms in total. The minimum absolute atomic E-state index is 0.0293. The molecule has 3 aromatic carbocycles. The van der Waals surface area contributed by atoms with Crippen molar-refractivity contribution >= 4 is 23.5 Å². The number of phenolic OH excluding ortho intramolecular Hbond substituents is 1. The molecule has 3 aromatic rings. The van der Waals surface area contributed by atoms with Crippen molar-refractivity contribution in [3.8, 4) is 48.0 Å². The molecule has 5 rings (SSSR count). The fraction of sp³-hybridized carbons (Fsp3) is 0.238. The highest BCUT2D eigenvalue weighted by molar-refractivity contribution is 6.06. The summed E-state index contributed by atoms with van der Waals surface area (Å²) in [6, 6.07) is 17.8. The van der Waals surface area contributed by atoms with Gasteiger partial charge in [0.25, 0.3) is 5.91 Å². The summed E-state index contributed by atoms with van der Waals surface area (Å²) >= 11 is 0. The van der Waals surface area contributed by atoms with Crippen molar-refractivity contribution in [1.29, 1.82) is 5.26 Å². The van der Waals surface area contributed by atoms with Crippen LogP contribution in [0, 0.1) is 36.0 Å². The molecule has 5 N–H and O–H groups in total. The molecule has 1 spiro atoms. The maximum Gasteiger partial charge on any atom is 0.340 e. The van der Waals surface area contributed by atoms with Crippen LogP contribution in [-0.4, -0.2) is 46.3 Å². The van der Waals surface area contributed by atoms with E-state index in [0.717, 1.165) is 6.42 Å². The lowest BCUT2D eigenvalue weighted by atomic mass is 9.76. The molecule has 0 saturated heterocycles. The van der Waals surface area contributed by atoms with Crippen molar-refractivity contribution in [3.63, 3.8) is 0 Å². The Hall–Kier alpha value is -6.94. The summed E-state index contributed by atoms with van der Waals surface area (Å²) in [4.78, 5) is 38.4. The number of aliphatic hydroxyl groups excluding tert-OH is 2. The highest BCUT2D eigenvalue weighted by Crippen LogP contribution is 2.55. The van der Waals surface area contributed by atoms with Crippen molar-refractivity contribution in [1.82, 2.24) is 5.32 Å². The summed E-state index contributed by atoms with van der Waals surface area (Å²) in [6.07, 6.45) is 16.2. The smallest absolute Gasteiger partial charge is 0.340 e. The van der Waals surface area contributed by atoms with E-state index in [1.807, 2.05) is 0 Å². The fourth-order valence-corrected chi connectivity index (χ4v) is 6.12. The number of carbonyl (C=O) groups is 3. The van der Waals surface area contributed by atoms with Crippen LogP contribution in [0.5, 0.6) is 17.2 Å². The summed E-state index contributed by atoms with van der Waals surface area (Å²) in [5, 5.41) is 44.6. The Bertz CT molecular complexity index is 2160. The second kappa shape index (κ2) is 17.5. The number of nitriles is 1. The van der Waals surface area contributed by atoms with Gasteiger partial charge in [0.05, 0.1) is 24.4 Å². The third-order valence-electron chi connectivity index (χ3n) is 8.69. The van der Waals surface area contributed by atoms with Crippen LogP contribution >= 0.6 is 0 Å². The molecule has 2 aliphatic heterocycles. The molecule has 0 radical (unpaired) electrons. The van der Waals surface area contributed by atoms with Gasteiger partial charge in [-0.2, -0.15) is 5.26 Å². The first-order valence-corrected chi connectivity index (χ1v) is 17.1. The summed E-state index contributed by atoms with van der Waals surface area (Å²) < 4.78 is 17.8. The number of rotatable bonds is 14. The van der Waals surface area contributed by atoms with Crippen molar-refractivity contribution in [2.45, 2.75) is 50.7 Å². The maximum absolute atomic E-state index is 13.2. The number of amides is 2. The van der Waals surface area contributed by atoms with E-state index in [9.17, 15) is 35.0 Å². The van der Waals surface area contributed by atoms with Crippen molar-refractivity contribution in [2.24, 2.45) is 0 Å². The van der Waals surface area contributed by atoms with E-state index in [1.54, 1.807) is 54.6 Å². The summed E-state index contributed by atoms with van der Waals surface area (Å²) in [5.74, 6) is 3.90. The molecule has 2 heterocycles. The molecule has 2 aliphatic rings. The van der Waals surface area contributed by atoms with E-state index in [4.69, 9.17) is 27.1 Å². The summed E-state index contributed by atoms with van der Waals surface area (Å²) in [5.41, 5.74) is 0.762. The first kappa shape index (κ1) is 38.3. The molecule has 0 aliphatic carbocycles. The lowest BCUT2D eigenvalue weighted by molar-refractivity contribution is -0.121. The number of benzene rings is 3. The first-order valence-electron chi connectivity index (χ1n) is 17.1. The van der Waals surface area contributed by atoms with Gasteiger partial charge in [-0.1, -0.05) is 12.0 Å². The maximum atomic E-state index is 13.2. The van der Waals surface area contributed by atoms with E-state index < -0.39 is 23.1 Å². The Morgan fingerprint density at radius 2 is 1.80 bits per heavy atom. The van der Waals surface area contributed by atoms with E-state index in [-0.39, 0.29) is 54.9 Å². The number of aliphatic hydroxyl groups is 2. The SMILES string of the molecule is C#C/C=C1\C(=C/CO)Oc2cc(O)ccc2C12OC(=O)c1ccc(CNC(=O)CCCCCOc3ccc(NC(=O)/C(C#N)=C(\O)CCC#C)cc3)cc12. The quantitative estimate of drug-likeness (QED) is 0.0351. The molecule has 0 aromatic heterocycles. The minimum atomic E-state index is -1.52. The Morgan fingerprint density at radius 3 is 2.52 bits per heavy atom. The van der Waals surface area contributed by atoms with Gasteiger partial charge in [-0.05, 0) is 85.5 Å². The van der Waals surface area contributed by atoms with Crippen LogP contribution in [0.25, 0.3) is 0 Å². The predicted molar refractivity (Wildman–Crippen MR) is 198 cm³/mol. The number of carbonyl (C=O) groups excluding carboxylic acids is 3. The Labute approximate surface area is 312 Å². The molecule has 1 unspecified atom stereocenters. The predicted octanol–water partition coefficient (Wildman–Crippen LogP) is 5.58. The van der Waals surface area contributed by atoms with Gasteiger partial charge in [0.1, 0.15) is 34.8 Å². The van der Waals surface area contributed by atoms with Gasteiger partial charge in [-0.15, -0.1) is 18.8 Å². The van der Waals surface area contributed by atoms with Crippen molar-refractivity contribution in [2.75, 3.05) is 18.5 Å². The monoisotopic (exact) mass is 727 g/mol. The number of fused-ring (bicyclic) bond motifs is 4. The largest absolute Gasteiger partial charge is 0.511 e. The number of nitrogens with one attached hydrogen (secondary N) is 2. The van der Waals surface area contributed by atoms with Gasteiger partial charge in [0, 0.05) is 48.7 Å². The van der Waals surface area contributed by atoms with Crippen LogP contribution in [0.15, 0.2) is 95.5 Å². The van der Waals surface area contributed by atoms with Crippen LogP contribution in [0.1, 0.15) is 65.6 Å². The lowest BCUT2D eigenvalue weighted by Crippen LogP contribution is -2.36. The third kappa shape index (κ3) is 8.40. The van der Waals surface area contributed by atoms with Crippen LogP contribution in [0.2, 0.25) is 0 Å². The average Bonchev–Trinajstić information content (AvgIpc) is 3.44. The molecule has 1 atom stereocenters. The van der Waals surface area contributed by atoms with E-state index in [2.05, 4.69) is 22.5 Å². The minimum Gasteiger partial charge on any atom is -0.511 e. The number of ether oxygens (including phenoxy) is 3. The number of hydrogen-bond acceptors (Lipinski definition) is 10. The van der Waals surface area contributed by atoms with Crippen molar-refractivity contribution < 1.29 is 43.9 Å². The van der Waals surface area contributed by atoms with E-state index in [0.29, 0.717) is 65.1 Å². The second-order valence-electron chi connectivity index (χ2n) is 12.3. The molecule has 54 heavy (non-hydrogen) atoms. The highest BCUT2D eigenvalue weighted by atomic mass is 16.6. The van der Waals surface area contributed by atoms with Crippen molar-refractivity contribution in [3.05, 3.63) is 118 Å². The number of hydrogen-bond donors (Lipinski definition) is 5. The number of anilines is 1. The topological polar surface area (TPSA) is 187 Å². The number of allylic oxidation sites excluding steroid dienone is 2. The number of nitrogens with zero attached hydrogens (tertiary/aromatic N) is 1. The Morgan fingerprint density at radius 1 is 1.00 bits per heavy atom. The standard InChI is InChI=1S/C42H37N3O9/c1-3-5-10-36(48)32(25-43)40(50)45-28-13-16-30(17-14-28)52-22-8-6-7-11-39(49)44-26-27-12-18-31-35(23-27)42(54-41(31)51)33(9-4-2)37(20-21-46)53-38-24-29(47)15-19-34(38)42/h1-2,9,12-20,23-24,46-48H,5-8,10-11,21-22,26H2,(H,44,49)(H,45,50)/b33-9+,36-32-,37-20+. The molecular weight excluding hydrogens is 690 g/mol. The zero-order chi connectivity index (χ0) is 38.7. The number of esters is 1. The molecule has 0 bridgehead atoms. The number of terminal acetylenes is 2. The molecule has 0 fully saturated rings. The molecule has 274 valence electrons. The van der Waals surface area contributed by atoms with Gasteiger partial charge < -0.3 is 40.2 Å². The lowest BCUT2D eigenvalue weighted by Gasteiger charge is -2.38. The molecule has 2 amide bonds. The highest BCUT2D eigenvalue weighted by Gasteiger charge is 2.55. The van der Waals surface area contributed by atoms with E-state index in [1.165, 1.54) is 24.3 Å². The summed E-state index contributed by atoms with van der Waals surface area (Å²) in [6.45, 7) is 0.211. The third-order valence-corrected chi connectivity index (χ3v) is 8.69. The number of unbranched alkanes of at least 4 members (excludes halogenated alkanes) is 2. The van der Waals surface area contributed by atoms with Gasteiger partial charge in [0.15, 0.2) is 11.2 Å². The fourth-order valence-electron chi connectivity index (χ4n) is 6.12. The van der Waals surface area contributed by atoms with Gasteiger partial charge in [-0.3, -0.25) is 9.59 Å². The Kier molecular flexibility index (Phi) is 12.4. The zero-order valence-corrected chi connectivity index (χ0v) is 29.2. The Balaban J connectivity index is 1.13. The second-order valence-corrected chi connectivity index (χ2v) is 12.3. The zero-order valence-electron chi connectivity index (χ0n) is 29.2. The van der Waals surface area contributed by atoms with Gasteiger partial charge >= 0.3 is 5.97 Å². The molecule has 12 heteroatoms. The van der Waals surface area contributed by atoms with Crippen LogP contribution in [0.4, 0.5) is 5.69 Å². The van der Waals surface area contributed by atoms with Gasteiger partial charge in [-0.25, -0.2) is 4.79 Å². The molecular formula is C42H37N3O9. The first-order chi connectivity index (χ1) is 26.1. The molecule has 0 saturated carbocycles. The number of aromatic hydroxyl groups is 1. The summed E-state index contributed by atoms with van der Waals surface area (Å²) in [7, 11) is 0. The van der Waals surface area contributed by atoms with Crippen LogP contribution in [0.3, 0.4) is 0 Å². The van der Waals surface area contributed by atoms with Crippen LogP contribution < -0.4 is 20.1 Å². The van der Waals surface area contributed by atoms with E-state index >= 15 is 0 Å². The van der Waals surface area contributed by atoms with Gasteiger partial charge in [0.2, 0.25) is 5.91 Å². The van der Waals surface area contributed by atoms with Crippen LogP contribution in [-0.2, 0) is 26.5 Å². The normalized spacial score (nSPS) is 17.2. The average molecular weight is 728 g/mol.